The monoisotopic (exact) mass is 310 g/mol. The van der Waals surface area contributed by atoms with Gasteiger partial charge in [-0.15, -0.1) is 0 Å². The summed E-state index contributed by atoms with van der Waals surface area (Å²) in [6, 6.07) is 0. The van der Waals surface area contributed by atoms with Crippen LogP contribution in [0.1, 0.15) is 40.0 Å². The average Bonchev–Trinajstić information content (AvgIpc) is 2.33. The number of allylic oxidation sites excluding steroid dienone is 2. The van der Waals surface area contributed by atoms with Crippen LogP contribution in [0.2, 0.25) is 19.6 Å². The number of rotatable bonds is 7. The highest BCUT2D eigenvalue weighted by molar-refractivity contribution is 6.69. The van der Waals surface area contributed by atoms with Crippen LogP contribution in [0.3, 0.4) is 0 Å². The molecule has 0 N–H and O–H groups in total. The van der Waals surface area contributed by atoms with Gasteiger partial charge in [0.15, 0.2) is 8.32 Å². The van der Waals surface area contributed by atoms with Crippen LogP contribution >= 0.6 is 0 Å². The largest absolute Gasteiger partial charge is 0.459 e. The van der Waals surface area contributed by atoms with E-state index in [0.29, 0.717) is 5.92 Å². The van der Waals surface area contributed by atoms with Crippen molar-refractivity contribution in [1.82, 2.24) is 0 Å². The van der Waals surface area contributed by atoms with Crippen molar-refractivity contribution < 1.29 is 14.0 Å². The van der Waals surface area contributed by atoms with E-state index in [9.17, 15) is 4.79 Å². The molecule has 0 unspecified atom stereocenters. The van der Waals surface area contributed by atoms with Crippen LogP contribution in [0.4, 0.5) is 0 Å². The van der Waals surface area contributed by atoms with Gasteiger partial charge in [0, 0.05) is 5.92 Å². The molecular formula is C17H30O3Si. The van der Waals surface area contributed by atoms with Crippen molar-refractivity contribution >= 4 is 14.3 Å². The van der Waals surface area contributed by atoms with E-state index in [0.717, 1.165) is 19.3 Å². The fourth-order valence-electron chi connectivity index (χ4n) is 1.89. The van der Waals surface area contributed by atoms with Gasteiger partial charge >= 0.3 is 5.97 Å². The molecule has 0 saturated carbocycles. The Morgan fingerprint density at radius 1 is 1.29 bits per heavy atom. The molecule has 0 aromatic carbocycles. The highest BCUT2D eigenvalue weighted by atomic mass is 28.4. The minimum absolute atomic E-state index is 0.183. The summed E-state index contributed by atoms with van der Waals surface area (Å²) in [6.45, 7) is 12.8. The molecule has 0 heterocycles. The zero-order valence-electron chi connectivity index (χ0n) is 14.6. The van der Waals surface area contributed by atoms with Gasteiger partial charge in [0.25, 0.3) is 0 Å². The molecule has 0 spiro atoms. The van der Waals surface area contributed by atoms with Crippen molar-refractivity contribution in [1.29, 1.82) is 0 Å². The lowest BCUT2D eigenvalue weighted by atomic mass is 9.98. The van der Waals surface area contributed by atoms with Crippen molar-refractivity contribution in [2.45, 2.75) is 65.8 Å². The molecule has 2 atom stereocenters. The van der Waals surface area contributed by atoms with Gasteiger partial charge in [-0.3, -0.25) is 0 Å². The lowest BCUT2D eigenvalue weighted by Gasteiger charge is -2.24. The Bertz CT molecular complexity index is 406. The summed E-state index contributed by atoms with van der Waals surface area (Å²) in [6.07, 6.45) is 5.11. The first kappa shape index (κ1) is 19.9. The molecule has 0 amide bonds. The third kappa shape index (κ3) is 12.4. The van der Waals surface area contributed by atoms with Gasteiger partial charge in [-0.05, 0) is 58.7 Å². The van der Waals surface area contributed by atoms with E-state index in [4.69, 9.17) is 4.43 Å². The molecule has 0 radical (unpaired) electrons. The molecule has 0 bridgehead atoms. The van der Waals surface area contributed by atoms with Crippen LogP contribution in [0, 0.1) is 17.8 Å². The Morgan fingerprint density at radius 3 is 2.38 bits per heavy atom. The van der Waals surface area contributed by atoms with Crippen LogP contribution in [-0.2, 0) is 14.0 Å². The van der Waals surface area contributed by atoms with E-state index in [1.165, 1.54) is 12.7 Å². The third-order valence-corrected chi connectivity index (χ3v) is 3.84. The molecule has 4 heteroatoms. The van der Waals surface area contributed by atoms with E-state index in [2.05, 4.69) is 63.1 Å². The summed E-state index contributed by atoms with van der Waals surface area (Å²) in [5.41, 5.74) is 1.35. The maximum Gasteiger partial charge on any atom is 0.384 e. The zero-order valence-corrected chi connectivity index (χ0v) is 15.6. The van der Waals surface area contributed by atoms with Crippen molar-refractivity contribution in [2.24, 2.45) is 5.92 Å². The molecule has 21 heavy (non-hydrogen) atoms. The minimum Gasteiger partial charge on any atom is -0.459 e. The van der Waals surface area contributed by atoms with E-state index in [-0.39, 0.29) is 6.10 Å². The Labute approximate surface area is 131 Å². The predicted octanol–water partition coefficient (Wildman–Crippen LogP) is 4.16. The van der Waals surface area contributed by atoms with E-state index >= 15 is 0 Å². The summed E-state index contributed by atoms with van der Waals surface area (Å²) in [4.78, 5) is 11.2. The molecule has 3 nitrogen and oxygen atoms in total. The van der Waals surface area contributed by atoms with Gasteiger partial charge in [0.2, 0.25) is 0 Å². The number of carbonyl (C=O) groups is 1. The number of carbonyl (C=O) groups excluding carboxylic acids is 1. The van der Waals surface area contributed by atoms with Crippen LogP contribution < -0.4 is 0 Å². The maximum atomic E-state index is 11.2. The van der Waals surface area contributed by atoms with Gasteiger partial charge in [-0.1, -0.05) is 24.5 Å². The summed E-state index contributed by atoms with van der Waals surface area (Å²) in [7, 11) is -0.344. The highest BCUT2D eigenvalue weighted by Crippen LogP contribution is 2.18. The summed E-state index contributed by atoms with van der Waals surface area (Å²) < 4.78 is 10.6. The van der Waals surface area contributed by atoms with Crippen molar-refractivity contribution in [3.05, 3.63) is 11.6 Å². The molecule has 0 aromatic rings. The molecule has 0 aliphatic rings. The molecule has 120 valence electrons. The summed E-state index contributed by atoms with van der Waals surface area (Å²) in [5, 5.41) is 0. The topological polar surface area (TPSA) is 35.5 Å². The molecule has 0 aliphatic carbocycles. The first-order valence-electron chi connectivity index (χ1n) is 7.54. The van der Waals surface area contributed by atoms with E-state index in [1.807, 2.05) is 0 Å². The molecule has 0 saturated heterocycles. The van der Waals surface area contributed by atoms with Gasteiger partial charge < -0.3 is 9.16 Å². The quantitative estimate of drug-likeness (QED) is 0.233. The second-order valence-corrected chi connectivity index (χ2v) is 11.1. The van der Waals surface area contributed by atoms with Gasteiger partial charge in [-0.2, -0.15) is 0 Å². The van der Waals surface area contributed by atoms with Crippen LogP contribution in [-0.4, -0.2) is 27.5 Å². The van der Waals surface area contributed by atoms with Crippen molar-refractivity contribution in [2.75, 3.05) is 7.11 Å². The van der Waals surface area contributed by atoms with Gasteiger partial charge in [0.1, 0.15) is 6.10 Å². The van der Waals surface area contributed by atoms with Crippen molar-refractivity contribution in [3.8, 4) is 11.8 Å². The number of hydrogen-bond acceptors (Lipinski definition) is 3. The van der Waals surface area contributed by atoms with E-state index in [1.54, 1.807) is 0 Å². The predicted molar refractivity (Wildman–Crippen MR) is 90.5 cm³/mol. The second-order valence-electron chi connectivity index (χ2n) is 6.68. The van der Waals surface area contributed by atoms with Crippen LogP contribution in [0.25, 0.3) is 0 Å². The number of methoxy groups -OCH3 is 1. The smallest absolute Gasteiger partial charge is 0.384 e. The first-order chi connectivity index (χ1) is 9.64. The maximum absolute atomic E-state index is 11.2. The first-order valence-corrected chi connectivity index (χ1v) is 11.0. The Hall–Kier alpha value is -1.05. The Balaban J connectivity index is 4.61. The SMILES string of the molecule is COC(=O)C#C[C@@H](C[C@H](C)CCC=C(C)C)O[Si](C)(C)C. The van der Waals surface area contributed by atoms with Gasteiger partial charge in [0.05, 0.1) is 7.11 Å². The fourth-order valence-corrected chi connectivity index (χ4v) is 2.90. The second kappa shape index (κ2) is 9.81. The number of ether oxygens (including phenoxy) is 1. The molecule has 0 aliphatic heterocycles. The normalized spacial score (nSPS) is 13.7. The number of hydrogen-bond donors (Lipinski definition) is 0. The molecule has 0 fully saturated rings. The van der Waals surface area contributed by atoms with E-state index < -0.39 is 14.3 Å². The van der Waals surface area contributed by atoms with Crippen LogP contribution in [0.5, 0.6) is 0 Å². The fraction of sp³-hybridized carbons (Fsp3) is 0.706. The Morgan fingerprint density at radius 2 is 1.90 bits per heavy atom. The molecule has 0 rings (SSSR count). The summed E-state index contributed by atoms with van der Waals surface area (Å²) >= 11 is 0. The van der Waals surface area contributed by atoms with Gasteiger partial charge in [-0.25, -0.2) is 4.79 Å². The summed E-state index contributed by atoms with van der Waals surface area (Å²) in [5.74, 6) is 5.44. The number of esters is 1. The molecule has 0 aromatic heterocycles. The third-order valence-electron chi connectivity index (χ3n) is 2.84. The van der Waals surface area contributed by atoms with Crippen molar-refractivity contribution in [3.63, 3.8) is 0 Å². The zero-order chi connectivity index (χ0) is 16.5. The Kier molecular flexibility index (Phi) is 9.31. The average molecular weight is 311 g/mol. The standard InChI is InChI=1S/C17H30O3Si/c1-14(2)9-8-10-15(3)13-16(20-21(5,6)7)11-12-17(18)19-4/h9,15-16H,8,10,13H2,1-7H3/t15-,16+/m1/s1. The van der Waals surface area contributed by atoms with Crippen LogP contribution in [0.15, 0.2) is 11.6 Å². The lowest BCUT2D eigenvalue weighted by Crippen LogP contribution is -2.32. The molecular weight excluding hydrogens is 280 g/mol. The minimum atomic E-state index is -1.69. The lowest BCUT2D eigenvalue weighted by molar-refractivity contribution is -0.133. The highest BCUT2D eigenvalue weighted by Gasteiger charge is 2.21.